The number of nitrogens with zero attached hydrogens (tertiary/aromatic N) is 2. The lowest BCUT2D eigenvalue weighted by molar-refractivity contribution is 0.475. The molecule has 1 aromatic heterocycles. The Labute approximate surface area is 122 Å². The molecule has 4 N–H and O–H groups in total. The van der Waals surface area contributed by atoms with Gasteiger partial charge in [-0.3, -0.25) is 5.10 Å². The number of phenols is 1. The van der Waals surface area contributed by atoms with Gasteiger partial charge in [0.25, 0.3) is 0 Å². The fraction of sp³-hybridized carbons (Fsp3) is 0.125. The first kappa shape index (κ1) is 13.3. The van der Waals surface area contributed by atoms with E-state index in [1.807, 2.05) is 37.3 Å². The third-order valence-corrected chi connectivity index (χ3v) is 3.34. The van der Waals surface area contributed by atoms with Crippen molar-refractivity contribution in [2.24, 2.45) is 5.73 Å². The van der Waals surface area contributed by atoms with Crippen molar-refractivity contribution in [3.05, 3.63) is 65.5 Å². The summed E-state index contributed by atoms with van der Waals surface area (Å²) in [7, 11) is 0. The number of benzene rings is 2. The molecule has 0 saturated heterocycles. The highest BCUT2D eigenvalue weighted by atomic mass is 16.3. The maximum absolute atomic E-state index is 9.50. The van der Waals surface area contributed by atoms with Crippen molar-refractivity contribution in [3.8, 4) is 17.1 Å². The van der Waals surface area contributed by atoms with Gasteiger partial charge in [0.15, 0.2) is 5.82 Å². The first-order valence-corrected chi connectivity index (χ1v) is 6.67. The van der Waals surface area contributed by atoms with E-state index in [-0.39, 0.29) is 11.8 Å². The van der Waals surface area contributed by atoms with Crippen molar-refractivity contribution in [2.45, 2.75) is 13.0 Å². The van der Waals surface area contributed by atoms with Crippen LogP contribution in [0, 0.1) is 6.92 Å². The minimum atomic E-state index is -0.357. The van der Waals surface area contributed by atoms with Crippen LogP contribution in [-0.4, -0.2) is 20.3 Å². The lowest BCUT2D eigenvalue weighted by Crippen LogP contribution is -2.13. The lowest BCUT2D eigenvalue weighted by Gasteiger charge is -2.08. The Morgan fingerprint density at radius 1 is 1.14 bits per heavy atom. The molecule has 0 fully saturated rings. The molecular formula is C16H16N4O. The summed E-state index contributed by atoms with van der Waals surface area (Å²) in [4.78, 5) is 4.42. The van der Waals surface area contributed by atoms with Gasteiger partial charge in [0.1, 0.15) is 11.6 Å². The number of nitrogens with two attached hydrogens (primary N) is 1. The van der Waals surface area contributed by atoms with Crippen LogP contribution < -0.4 is 5.73 Å². The van der Waals surface area contributed by atoms with Crippen LogP contribution in [0.1, 0.15) is 23.0 Å². The summed E-state index contributed by atoms with van der Waals surface area (Å²) < 4.78 is 0. The fourth-order valence-corrected chi connectivity index (χ4v) is 2.12. The Balaban J connectivity index is 1.89. The molecule has 5 nitrogen and oxygen atoms in total. The van der Waals surface area contributed by atoms with Gasteiger partial charge < -0.3 is 10.8 Å². The summed E-state index contributed by atoms with van der Waals surface area (Å²) in [6.45, 7) is 2.03. The lowest BCUT2D eigenvalue weighted by atomic mass is 10.1. The highest BCUT2D eigenvalue weighted by Crippen LogP contribution is 2.22. The molecule has 0 amide bonds. The van der Waals surface area contributed by atoms with Gasteiger partial charge in [-0.05, 0) is 24.6 Å². The zero-order valence-electron chi connectivity index (χ0n) is 11.6. The second kappa shape index (κ2) is 5.38. The van der Waals surface area contributed by atoms with E-state index in [0.717, 1.165) is 11.1 Å². The zero-order valence-corrected chi connectivity index (χ0v) is 11.6. The van der Waals surface area contributed by atoms with Crippen LogP contribution in [-0.2, 0) is 0 Å². The summed E-state index contributed by atoms with van der Waals surface area (Å²) in [6, 6.07) is 14.4. The number of aromatic hydroxyl groups is 1. The molecule has 5 heteroatoms. The Kier molecular flexibility index (Phi) is 3.41. The predicted octanol–water partition coefficient (Wildman–Crippen LogP) is 2.53. The summed E-state index contributed by atoms with van der Waals surface area (Å²) in [5, 5.41) is 16.5. The molecule has 0 saturated carbocycles. The standard InChI is InChI=1S/C16H16N4O/c1-10-5-7-11(8-6-10)14(17)16-18-15(19-20-16)12-3-2-4-13(21)9-12/h2-9,14,21H,17H2,1H3,(H,18,19,20)/t14-/m0/s1. The largest absolute Gasteiger partial charge is 0.508 e. The van der Waals surface area contributed by atoms with Crippen molar-refractivity contribution in [1.29, 1.82) is 0 Å². The molecule has 0 bridgehead atoms. The van der Waals surface area contributed by atoms with Gasteiger partial charge >= 0.3 is 0 Å². The van der Waals surface area contributed by atoms with E-state index < -0.39 is 0 Å². The Hall–Kier alpha value is -2.66. The third-order valence-electron chi connectivity index (χ3n) is 3.34. The number of H-pyrrole nitrogens is 1. The van der Waals surface area contributed by atoms with Crippen LogP contribution in [0.4, 0.5) is 0 Å². The molecule has 0 aliphatic carbocycles. The van der Waals surface area contributed by atoms with Crippen LogP contribution >= 0.6 is 0 Å². The van der Waals surface area contributed by atoms with E-state index in [1.54, 1.807) is 18.2 Å². The highest BCUT2D eigenvalue weighted by molar-refractivity contribution is 5.57. The number of hydrogen-bond acceptors (Lipinski definition) is 4. The van der Waals surface area contributed by atoms with Gasteiger partial charge in [-0.2, -0.15) is 5.10 Å². The molecule has 1 heterocycles. The van der Waals surface area contributed by atoms with E-state index in [0.29, 0.717) is 11.6 Å². The maximum atomic E-state index is 9.50. The van der Waals surface area contributed by atoms with E-state index >= 15 is 0 Å². The van der Waals surface area contributed by atoms with Crippen molar-refractivity contribution in [2.75, 3.05) is 0 Å². The van der Waals surface area contributed by atoms with Gasteiger partial charge in [-0.15, -0.1) is 0 Å². The fourth-order valence-electron chi connectivity index (χ4n) is 2.12. The average molecular weight is 280 g/mol. The van der Waals surface area contributed by atoms with E-state index in [1.165, 1.54) is 5.56 Å². The number of aryl methyl sites for hydroxylation is 1. The summed E-state index contributed by atoms with van der Waals surface area (Å²) in [6.07, 6.45) is 0. The smallest absolute Gasteiger partial charge is 0.181 e. The minimum Gasteiger partial charge on any atom is -0.508 e. The molecular weight excluding hydrogens is 264 g/mol. The number of phenolic OH excluding ortho intramolecular Hbond substituents is 1. The molecule has 0 aliphatic heterocycles. The third kappa shape index (κ3) is 2.78. The molecule has 106 valence electrons. The predicted molar refractivity (Wildman–Crippen MR) is 80.7 cm³/mol. The number of aromatic amines is 1. The first-order valence-electron chi connectivity index (χ1n) is 6.67. The number of aromatic nitrogens is 3. The van der Waals surface area contributed by atoms with Crippen LogP contribution in [0.15, 0.2) is 48.5 Å². The molecule has 0 radical (unpaired) electrons. The molecule has 0 unspecified atom stereocenters. The SMILES string of the molecule is Cc1ccc([C@H](N)c2nc(-c3cccc(O)c3)n[nH]2)cc1. The van der Waals surface area contributed by atoms with Crippen molar-refractivity contribution < 1.29 is 5.11 Å². The first-order chi connectivity index (χ1) is 10.1. The molecule has 3 rings (SSSR count). The van der Waals surface area contributed by atoms with Gasteiger partial charge in [0.05, 0.1) is 6.04 Å². The van der Waals surface area contributed by atoms with E-state index in [4.69, 9.17) is 5.73 Å². The van der Waals surface area contributed by atoms with Gasteiger partial charge in [-0.25, -0.2) is 4.98 Å². The monoisotopic (exact) mass is 280 g/mol. The molecule has 21 heavy (non-hydrogen) atoms. The van der Waals surface area contributed by atoms with Crippen LogP contribution in [0.5, 0.6) is 5.75 Å². The quantitative estimate of drug-likeness (QED) is 0.688. The molecule has 0 spiro atoms. The molecule has 1 atom stereocenters. The number of nitrogens with one attached hydrogen (secondary N) is 1. The van der Waals surface area contributed by atoms with Crippen molar-refractivity contribution in [3.63, 3.8) is 0 Å². The number of hydrogen-bond donors (Lipinski definition) is 3. The normalized spacial score (nSPS) is 12.3. The summed E-state index contributed by atoms with van der Waals surface area (Å²) in [5.41, 5.74) is 9.10. The second-order valence-electron chi connectivity index (χ2n) is 4.98. The molecule has 0 aliphatic rings. The Morgan fingerprint density at radius 3 is 2.62 bits per heavy atom. The van der Waals surface area contributed by atoms with Gasteiger partial charge in [0, 0.05) is 5.56 Å². The summed E-state index contributed by atoms with van der Waals surface area (Å²) in [5.74, 6) is 1.29. The van der Waals surface area contributed by atoms with Crippen LogP contribution in [0.2, 0.25) is 0 Å². The molecule has 2 aromatic carbocycles. The second-order valence-corrected chi connectivity index (χ2v) is 4.98. The van der Waals surface area contributed by atoms with Gasteiger partial charge in [-0.1, -0.05) is 42.0 Å². The van der Waals surface area contributed by atoms with Crippen molar-refractivity contribution in [1.82, 2.24) is 15.2 Å². The number of rotatable bonds is 3. The van der Waals surface area contributed by atoms with E-state index in [2.05, 4.69) is 15.2 Å². The Bertz CT molecular complexity index is 749. The van der Waals surface area contributed by atoms with Crippen LogP contribution in [0.3, 0.4) is 0 Å². The average Bonchev–Trinajstić information content (AvgIpc) is 2.97. The maximum Gasteiger partial charge on any atom is 0.181 e. The minimum absolute atomic E-state index is 0.182. The topological polar surface area (TPSA) is 87.8 Å². The Morgan fingerprint density at radius 2 is 1.90 bits per heavy atom. The highest BCUT2D eigenvalue weighted by Gasteiger charge is 2.14. The zero-order chi connectivity index (χ0) is 14.8. The van der Waals surface area contributed by atoms with Crippen LogP contribution in [0.25, 0.3) is 11.4 Å². The van der Waals surface area contributed by atoms with E-state index in [9.17, 15) is 5.11 Å². The van der Waals surface area contributed by atoms with Gasteiger partial charge in [0.2, 0.25) is 0 Å². The molecule has 3 aromatic rings. The van der Waals surface area contributed by atoms with Crippen molar-refractivity contribution >= 4 is 0 Å². The summed E-state index contributed by atoms with van der Waals surface area (Å²) >= 11 is 0.